The van der Waals surface area contributed by atoms with Crippen molar-refractivity contribution in [2.45, 2.75) is 44.7 Å². The Kier molecular flexibility index (Phi) is 6.35. The van der Waals surface area contributed by atoms with Gasteiger partial charge in [0.1, 0.15) is 23.4 Å². The molecule has 0 saturated heterocycles. The van der Waals surface area contributed by atoms with Crippen molar-refractivity contribution in [3.05, 3.63) is 88.0 Å². The normalized spacial score (nSPS) is 14.6. The maximum absolute atomic E-state index is 13.4. The highest BCUT2D eigenvalue weighted by Gasteiger charge is 2.22. The van der Waals surface area contributed by atoms with Crippen molar-refractivity contribution in [3.63, 3.8) is 0 Å². The third kappa shape index (κ3) is 4.56. The zero-order valence-electron chi connectivity index (χ0n) is 20.0. The number of benzene rings is 2. The number of fused-ring (bicyclic) bond motifs is 2. The van der Waals surface area contributed by atoms with Gasteiger partial charge in [0.2, 0.25) is 0 Å². The summed E-state index contributed by atoms with van der Waals surface area (Å²) in [7, 11) is 3.51. The van der Waals surface area contributed by atoms with Crippen molar-refractivity contribution in [2.24, 2.45) is 7.05 Å². The van der Waals surface area contributed by atoms with Crippen molar-refractivity contribution in [1.82, 2.24) is 24.4 Å². The minimum atomic E-state index is -0.460. The van der Waals surface area contributed by atoms with Gasteiger partial charge in [-0.25, -0.2) is 9.97 Å². The Bertz CT molecular complexity index is 1420. The molecule has 0 saturated carbocycles. The highest BCUT2D eigenvalue weighted by atomic mass is 16.5. The fourth-order valence-electron chi connectivity index (χ4n) is 4.70. The van der Waals surface area contributed by atoms with Crippen LogP contribution in [0.2, 0.25) is 0 Å². The summed E-state index contributed by atoms with van der Waals surface area (Å²) in [6.07, 6.45) is 8.62. The van der Waals surface area contributed by atoms with Crippen molar-refractivity contribution >= 4 is 16.8 Å². The van der Waals surface area contributed by atoms with E-state index in [2.05, 4.69) is 10.3 Å². The van der Waals surface area contributed by atoms with Crippen molar-refractivity contribution in [1.29, 1.82) is 0 Å². The van der Waals surface area contributed by atoms with E-state index in [0.29, 0.717) is 28.8 Å². The maximum Gasteiger partial charge on any atom is 0.261 e. The molecule has 1 aliphatic heterocycles. The number of amides is 1. The Hall–Kier alpha value is -3.94. The fraction of sp³-hybridized carbons (Fsp3) is 0.333. The standard InChI is InChI=1S/C27H29N5O3/c1-31-16-14-28-25(31)24(18-8-11-20(35-2)12-9-18)30-26(33)19-10-13-21-22(17-19)29-23-7-5-3-4-6-15-32(23)27(21)34/h8-14,16-17,24H,3-7,15H2,1-2H3,(H,30,33). The number of carbonyl (C=O) groups excluding carboxylic acids is 1. The molecule has 1 aliphatic rings. The molecule has 0 radical (unpaired) electrons. The van der Waals surface area contributed by atoms with Crippen LogP contribution in [0.4, 0.5) is 0 Å². The van der Waals surface area contributed by atoms with Crippen LogP contribution in [0.15, 0.2) is 59.7 Å². The second kappa shape index (κ2) is 9.74. The summed E-state index contributed by atoms with van der Waals surface area (Å²) in [5.74, 6) is 2.00. The van der Waals surface area contributed by atoms with Crippen LogP contribution in [0.5, 0.6) is 5.75 Å². The second-order valence-electron chi connectivity index (χ2n) is 8.96. The number of methoxy groups -OCH3 is 1. The lowest BCUT2D eigenvalue weighted by Crippen LogP contribution is -2.31. The molecule has 1 amide bonds. The second-order valence-corrected chi connectivity index (χ2v) is 8.96. The van der Waals surface area contributed by atoms with Crippen LogP contribution in [0.25, 0.3) is 10.9 Å². The van der Waals surface area contributed by atoms with Crippen molar-refractivity contribution < 1.29 is 9.53 Å². The molecule has 8 nitrogen and oxygen atoms in total. The number of hydrogen-bond donors (Lipinski definition) is 1. The van der Waals surface area contributed by atoms with Crippen molar-refractivity contribution in [2.75, 3.05) is 7.11 Å². The molecule has 3 heterocycles. The van der Waals surface area contributed by atoms with Gasteiger partial charge in [-0.05, 0) is 48.7 Å². The van der Waals surface area contributed by atoms with Crippen LogP contribution in [-0.2, 0) is 20.0 Å². The van der Waals surface area contributed by atoms with Crippen LogP contribution < -0.4 is 15.6 Å². The first-order valence-corrected chi connectivity index (χ1v) is 12.0. The van der Waals surface area contributed by atoms with Gasteiger partial charge < -0.3 is 14.6 Å². The van der Waals surface area contributed by atoms with E-state index < -0.39 is 6.04 Å². The maximum atomic E-state index is 13.4. The van der Waals surface area contributed by atoms with Crippen LogP contribution in [0, 0.1) is 0 Å². The number of hydrogen-bond acceptors (Lipinski definition) is 5. The molecule has 8 heteroatoms. The third-order valence-electron chi connectivity index (χ3n) is 6.67. The van der Waals surface area contributed by atoms with Gasteiger partial charge in [-0.3, -0.25) is 14.2 Å². The topological polar surface area (TPSA) is 91.0 Å². The number of rotatable bonds is 5. The van der Waals surface area contributed by atoms with Crippen LogP contribution >= 0.6 is 0 Å². The number of imidazole rings is 1. The molecule has 5 rings (SSSR count). The SMILES string of the molecule is COc1ccc(C(NC(=O)c2ccc3c(=O)n4c(nc3c2)CCCCCC4)c2nccn2C)cc1. The molecule has 1 N–H and O–H groups in total. The quantitative estimate of drug-likeness (QED) is 0.478. The molecule has 0 fully saturated rings. The van der Waals surface area contributed by atoms with Gasteiger partial charge in [-0.1, -0.05) is 25.0 Å². The summed E-state index contributed by atoms with van der Waals surface area (Å²) in [5, 5.41) is 3.66. The molecule has 1 atom stereocenters. The van der Waals surface area contributed by atoms with E-state index in [1.165, 1.54) is 0 Å². The van der Waals surface area contributed by atoms with Crippen LogP contribution in [0.3, 0.4) is 0 Å². The van der Waals surface area contributed by atoms with Crippen LogP contribution in [-0.4, -0.2) is 32.1 Å². The summed E-state index contributed by atoms with van der Waals surface area (Å²) in [5.41, 5.74) is 1.87. The molecule has 35 heavy (non-hydrogen) atoms. The Labute approximate surface area is 203 Å². The molecular weight excluding hydrogens is 442 g/mol. The van der Waals surface area contributed by atoms with E-state index in [-0.39, 0.29) is 11.5 Å². The van der Waals surface area contributed by atoms with Crippen LogP contribution in [0.1, 0.15) is 59.3 Å². The Morgan fingerprint density at radius 3 is 2.63 bits per heavy atom. The third-order valence-corrected chi connectivity index (χ3v) is 6.67. The molecule has 1 unspecified atom stereocenters. The monoisotopic (exact) mass is 471 g/mol. The minimum absolute atomic E-state index is 0.0250. The minimum Gasteiger partial charge on any atom is -0.497 e. The summed E-state index contributed by atoms with van der Waals surface area (Å²) in [6.45, 7) is 0.701. The lowest BCUT2D eigenvalue weighted by molar-refractivity contribution is 0.0941. The first-order chi connectivity index (χ1) is 17.0. The highest BCUT2D eigenvalue weighted by Crippen LogP contribution is 2.24. The fourth-order valence-corrected chi connectivity index (χ4v) is 4.70. The molecule has 0 aliphatic carbocycles. The molecule has 180 valence electrons. The number of aromatic nitrogens is 4. The van der Waals surface area contributed by atoms with Gasteiger partial charge in [0, 0.05) is 38.0 Å². The molecule has 4 aromatic rings. The molecule has 0 bridgehead atoms. The van der Waals surface area contributed by atoms with Gasteiger partial charge >= 0.3 is 0 Å². The average molecular weight is 472 g/mol. The predicted molar refractivity (Wildman–Crippen MR) is 134 cm³/mol. The molecule has 0 spiro atoms. The molecular formula is C27H29N5O3. The Morgan fingerprint density at radius 1 is 1.09 bits per heavy atom. The number of ether oxygens (including phenoxy) is 1. The van der Waals surface area contributed by atoms with E-state index >= 15 is 0 Å². The van der Waals surface area contributed by atoms with E-state index in [4.69, 9.17) is 9.72 Å². The van der Waals surface area contributed by atoms with E-state index in [9.17, 15) is 9.59 Å². The van der Waals surface area contributed by atoms with Gasteiger partial charge in [0.25, 0.3) is 11.5 Å². The Balaban J connectivity index is 1.49. The van der Waals surface area contributed by atoms with Gasteiger partial charge in [-0.15, -0.1) is 0 Å². The summed E-state index contributed by atoms with van der Waals surface area (Å²) in [4.78, 5) is 35.8. The summed E-state index contributed by atoms with van der Waals surface area (Å²) >= 11 is 0. The Morgan fingerprint density at radius 2 is 1.89 bits per heavy atom. The lowest BCUT2D eigenvalue weighted by atomic mass is 10.0. The highest BCUT2D eigenvalue weighted by molar-refractivity contribution is 5.98. The molecule has 2 aromatic heterocycles. The first-order valence-electron chi connectivity index (χ1n) is 12.0. The summed E-state index contributed by atoms with van der Waals surface area (Å²) in [6, 6.07) is 12.2. The van der Waals surface area contributed by atoms with E-state index in [1.54, 1.807) is 31.5 Å². The number of aryl methyl sites for hydroxylation is 2. The van der Waals surface area contributed by atoms with Crippen molar-refractivity contribution in [3.8, 4) is 5.75 Å². The zero-order valence-corrected chi connectivity index (χ0v) is 20.0. The summed E-state index contributed by atoms with van der Waals surface area (Å²) < 4.78 is 8.97. The first kappa shape index (κ1) is 22.8. The smallest absolute Gasteiger partial charge is 0.261 e. The number of nitrogens with zero attached hydrogens (tertiary/aromatic N) is 4. The average Bonchev–Trinajstić information content (AvgIpc) is 3.29. The number of carbonyl (C=O) groups is 1. The largest absolute Gasteiger partial charge is 0.497 e. The van der Waals surface area contributed by atoms with E-state index in [1.807, 2.05) is 46.6 Å². The molecule has 2 aromatic carbocycles. The van der Waals surface area contributed by atoms with E-state index in [0.717, 1.165) is 49.2 Å². The lowest BCUT2D eigenvalue weighted by Gasteiger charge is -2.20. The predicted octanol–water partition coefficient (Wildman–Crippen LogP) is 3.77. The number of nitrogens with one attached hydrogen (secondary N) is 1. The zero-order chi connectivity index (χ0) is 24.4. The van der Waals surface area contributed by atoms with Gasteiger partial charge in [0.05, 0.1) is 18.0 Å². The van der Waals surface area contributed by atoms with Gasteiger partial charge in [0.15, 0.2) is 0 Å². The van der Waals surface area contributed by atoms with Gasteiger partial charge in [-0.2, -0.15) is 0 Å².